The number of hydrogen-bond acceptors (Lipinski definition) is 4. The van der Waals surface area contributed by atoms with E-state index in [9.17, 15) is 14.7 Å². The van der Waals surface area contributed by atoms with Crippen molar-refractivity contribution in [2.75, 3.05) is 39.3 Å². The fourth-order valence-electron chi connectivity index (χ4n) is 2.95. The van der Waals surface area contributed by atoms with Gasteiger partial charge in [0.05, 0.1) is 6.61 Å². The Morgan fingerprint density at radius 3 is 1.57 bits per heavy atom. The molecule has 0 aromatic heterocycles. The molecule has 0 heterocycles. The molecule has 0 unspecified atom stereocenters. The van der Waals surface area contributed by atoms with E-state index in [-0.39, 0.29) is 18.4 Å². The molecule has 0 bridgehead atoms. The molecular weight excluding hydrogens is 378 g/mol. The topological polar surface area (TPSA) is 81.7 Å². The van der Waals surface area contributed by atoms with Crippen LogP contribution in [0.1, 0.15) is 78.1 Å². The van der Waals surface area contributed by atoms with E-state index in [0.717, 1.165) is 64.5 Å². The zero-order chi connectivity index (χ0) is 22.3. The summed E-state index contributed by atoms with van der Waals surface area (Å²) in [6.45, 7) is 7.98. The van der Waals surface area contributed by atoms with Gasteiger partial charge in [-0.3, -0.25) is 9.59 Å². The van der Waals surface area contributed by atoms with E-state index in [4.69, 9.17) is 0 Å². The molecule has 30 heavy (non-hydrogen) atoms. The first kappa shape index (κ1) is 28.3. The van der Waals surface area contributed by atoms with E-state index in [0.29, 0.717) is 32.5 Å². The third kappa shape index (κ3) is 19.6. The summed E-state index contributed by atoms with van der Waals surface area (Å²) in [5, 5.41) is 15.2. The smallest absolute Gasteiger partial charge is 0.220 e. The van der Waals surface area contributed by atoms with Crippen LogP contribution in [0.3, 0.4) is 0 Å². The Morgan fingerprint density at radius 2 is 1.17 bits per heavy atom. The first-order chi connectivity index (χ1) is 14.6. The highest BCUT2D eigenvalue weighted by atomic mass is 16.3. The average Bonchev–Trinajstić information content (AvgIpc) is 2.73. The van der Waals surface area contributed by atoms with E-state index in [1.165, 1.54) is 0 Å². The SMILES string of the molecule is CCC/C=C/CCC(=O)NCCCN(CCO)CCCNC(=O)CC/C=C/CCC. The van der Waals surface area contributed by atoms with Gasteiger partial charge in [0.25, 0.3) is 0 Å². The first-order valence-electron chi connectivity index (χ1n) is 11.8. The summed E-state index contributed by atoms with van der Waals surface area (Å²) in [7, 11) is 0. The maximum atomic E-state index is 11.8. The fourth-order valence-corrected chi connectivity index (χ4v) is 2.95. The lowest BCUT2D eigenvalue weighted by Gasteiger charge is -2.21. The number of nitrogens with one attached hydrogen (secondary N) is 2. The molecule has 0 spiro atoms. The van der Waals surface area contributed by atoms with Gasteiger partial charge in [0, 0.05) is 32.5 Å². The molecule has 0 rings (SSSR count). The molecule has 0 aliphatic rings. The first-order valence-corrected chi connectivity index (χ1v) is 11.8. The second-order valence-corrected chi connectivity index (χ2v) is 7.57. The van der Waals surface area contributed by atoms with E-state index in [2.05, 4.69) is 53.7 Å². The summed E-state index contributed by atoms with van der Waals surface area (Å²) in [6.07, 6.45) is 17.2. The second-order valence-electron chi connectivity index (χ2n) is 7.57. The monoisotopic (exact) mass is 423 g/mol. The Balaban J connectivity index is 3.79. The Hall–Kier alpha value is -1.66. The molecule has 0 aromatic rings. The lowest BCUT2D eigenvalue weighted by molar-refractivity contribution is -0.121. The fraction of sp³-hybridized carbons (Fsp3) is 0.750. The number of amides is 2. The van der Waals surface area contributed by atoms with Crippen molar-refractivity contribution in [1.29, 1.82) is 0 Å². The zero-order valence-corrected chi connectivity index (χ0v) is 19.3. The van der Waals surface area contributed by atoms with Crippen molar-refractivity contribution in [2.24, 2.45) is 0 Å². The average molecular weight is 424 g/mol. The highest BCUT2D eigenvalue weighted by molar-refractivity contribution is 5.76. The van der Waals surface area contributed by atoms with Crippen LogP contribution in [-0.4, -0.2) is 61.2 Å². The van der Waals surface area contributed by atoms with Gasteiger partial charge in [-0.05, 0) is 51.6 Å². The van der Waals surface area contributed by atoms with Crippen molar-refractivity contribution in [1.82, 2.24) is 15.5 Å². The molecule has 2 amide bonds. The van der Waals surface area contributed by atoms with E-state index >= 15 is 0 Å². The minimum Gasteiger partial charge on any atom is -0.395 e. The molecule has 6 heteroatoms. The van der Waals surface area contributed by atoms with Crippen LogP contribution >= 0.6 is 0 Å². The zero-order valence-electron chi connectivity index (χ0n) is 19.3. The Kier molecular flexibility index (Phi) is 20.8. The quantitative estimate of drug-likeness (QED) is 0.207. The predicted molar refractivity (Wildman–Crippen MR) is 125 cm³/mol. The molecule has 0 radical (unpaired) electrons. The molecule has 6 nitrogen and oxygen atoms in total. The van der Waals surface area contributed by atoms with Gasteiger partial charge in [-0.2, -0.15) is 0 Å². The Morgan fingerprint density at radius 1 is 0.733 bits per heavy atom. The summed E-state index contributed by atoms with van der Waals surface area (Å²) < 4.78 is 0. The van der Waals surface area contributed by atoms with Gasteiger partial charge in [-0.1, -0.05) is 51.0 Å². The van der Waals surface area contributed by atoms with Gasteiger partial charge in [0.15, 0.2) is 0 Å². The lowest BCUT2D eigenvalue weighted by Crippen LogP contribution is -2.34. The maximum Gasteiger partial charge on any atom is 0.220 e. The lowest BCUT2D eigenvalue weighted by atomic mass is 10.2. The largest absolute Gasteiger partial charge is 0.395 e. The summed E-state index contributed by atoms with van der Waals surface area (Å²) >= 11 is 0. The molecule has 0 atom stereocenters. The van der Waals surface area contributed by atoms with E-state index < -0.39 is 0 Å². The molecule has 0 aromatic carbocycles. The predicted octanol–water partition coefficient (Wildman–Crippen LogP) is 3.57. The van der Waals surface area contributed by atoms with Gasteiger partial charge in [-0.25, -0.2) is 0 Å². The standard InChI is InChI=1S/C24H45N3O3/c1-3-5-7-9-11-15-23(29)25-17-13-19-27(21-22-28)20-14-18-26-24(30)16-12-10-8-6-4-2/h7-10,28H,3-6,11-22H2,1-2H3,(H,25,29)(H,26,30)/b9-7+,10-8+. The maximum absolute atomic E-state index is 11.8. The minimum absolute atomic E-state index is 0.0945. The Bertz CT molecular complexity index is 438. The number of unbranched alkanes of at least 4 members (excludes halogenated alkanes) is 2. The summed E-state index contributed by atoms with van der Waals surface area (Å²) in [5.74, 6) is 0.189. The van der Waals surface area contributed by atoms with E-state index in [1.807, 2.05) is 0 Å². The number of hydrogen-bond donors (Lipinski definition) is 3. The molecule has 0 fully saturated rings. The normalized spacial score (nSPS) is 11.6. The number of allylic oxidation sites excluding steroid dienone is 4. The van der Waals surface area contributed by atoms with Gasteiger partial charge in [0.1, 0.15) is 0 Å². The number of rotatable bonds is 20. The molecule has 0 aliphatic carbocycles. The Labute approximate surface area is 184 Å². The second kappa shape index (κ2) is 22.0. The summed E-state index contributed by atoms with van der Waals surface area (Å²) in [6, 6.07) is 0. The number of aliphatic hydroxyl groups excluding tert-OH is 1. The van der Waals surface area contributed by atoms with Crippen molar-refractivity contribution in [3.8, 4) is 0 Å². The molecule has 0 saturated carbocycles. The number of carbonyl (C=O) groups is 2. The van der Waals surface area contributed by atoms with Crippen molar-refractivity contribution in [3.63, 3.8) is 0 Å². The molecular formula is C24H45N3O3. The van der Waals surface area contributed by atoms with Crippen LogP contribution in [0.5, 0.6) is 0 Å². The summed E-state index contributed by atoms with van der Waals surface area (Å²) in [4.78, 5) is 25.8. The van der Waals surface area contributed by atoms with Crippen molar-refractivity contribution >= 4 is 11.8 Å². The van der Waals surface area contributed by atoms with Crippen molar-refractivity contribution < 1.29 is 14.7 Å². The highest BCUT2D eigenvalue weighted by Crippen LogP contribution is 1.98. The van der Waals surface area contributed by atoms with Gasteiger partial charge in [-0.15, -0.1) is 0 Å². The van der Waals surface area contributed by atoms with Crippen LogP contribution in [0.4, 0.5) is 0 Å². The molecule has 0 saturated heterocycles. The third-order valence-electron chi connectivity index (χ3n) is 4.68. The van der Waals surface area contributed by atoms with Crippen LogP contribution in [0.15, 0.2) is 24.3 Å². The van der Waals surface area contributed by atoms with Crippen LogP contribution in [0.25, 0.3) is 0 Å². The van der Waals surface area contributed by atoms with Crippen LogP contribution in [0.2, 0.25) is 0 Å². The molecule has 3 N–H and O–H groups in total. The van der Waals surface area contributed by atoms with Gasteiger partial charge >= 0.3 is 0 Å². The van der Waals surface area contributed by atoms with E-state index in [1.54, 1.807) is 0 Å². The van der Waals surface area contributed by atoms with Crippen LogP contribution in [0, 0.1) is 0 Å². The van der Waals surface area contributed by atoms with Crippen molar-refractivity contribution in [2.45, 2.75) is 78.1 Å². The van der Waals surface area contributed by atoms with Crippen LogP contribution < -0.4 is 10.6 Å². The van der Waals surface area contributed by atoms with Gasteiger partial charge < -0.3 is 20.6 Å². The summed E-state index contributed by atoms with van der Waals surface area (Å²) in [5.41, 5.74) is 0. The third-order valence-corrected chi connectivity index (χ3v) is 4.68. The van der Waals surface area contributed by atoms with Crippen LogP contribution in [-0.2, 0) is 9.59 Å². The molecule has 174 valence electrons. The number of aliphatic hydroxyl groups is 1. The number of nitrogens with zero attached hydrogens (tertiary/aromatic N) is 1. The minimum atomic E-state index is 0.0945. The highest BCUT2D eigenvalue weighted by Gasteiger charge is 2.06. The van der Waals surface area contributed by atoms with Gasteiger partial charge in [0.2, 0.25) is 11.8 Å². The number of carbonyl (C=O) groups excluding carboxylic acids is 2. The molecule has 0 aliphatic heterocycles. The van der Waals surface area contributed by atoms with Crippen molar-refractivity contribution in [3.05, 3.63) is 24.3 Å².